The van der Waals surface area contributed by atoms with E-state index in [0.29, 0.717) is 13.2 Å². The molecule has 1 saturated heterocycles. The molecule has 1 aromatic heterocycles. The van der Waals surface area contributed by atoms with E-state index >= 15 is 0 Å². The van der Waals surface area contributed by atoms with E-state index in [0.717, 1.165) is 55.1 Å². The van der Waals surface area contributed by atoms with Gasteiger partial charge in [-0.25, -0.2) is 0 Å². The highest BCUT2D eigenvalue weighted by Crippen LogP contribution is 2.31. The molecule has 0 radical (unpaired) electrons. The van der Waals surface area contributed by atoms with E-state index in [2.05, 4.69) is 28.0 Å². The average molecular weight is 365 g/mol. The Balaban J connectivity index is 1.30. The van der Waals surface area contributed by atoms with Gasteiger partial charge in [0.1, 0.15) is 13.2 Å². The maximum Gasteiger partial charge on any atom is 0.161 e. The third-order valence-electron chi connectivity index (χ3n) is 4.49. The van der Waals surface area contributed by atoms with Gasteiger partial charge in [-0.15, -0.1) is 11.3 Å². The number of fused-ring (bicyclic) bond motifs is 1. The molecule has 1 aromatic carbocycles. The summed E-state index contributed by atoms with van der Waals surface area (Å²) >= 11 is 7.70. The van der Waals surface area contributed by atoms with Crippen molar-refractivity contribution in [3.05, 3.63) is 45.1 Å². The maximum atomic E-state index is 6.01. The molecule has 0 aliphatic carbocycles. The fourth-order valence-electron chi connectivity index (χ4n) is 3.21. The van der Waals surface area contributed by atoms with Crippen LogP contribution in [0.3, 0.4) is 0 Å². The molecule has 1 fully saturated rings. The molecule has 0 amide bonds. The van der Waals surface area contributed by atoms with E-state index in [1.807, 2.05) is 12.1 Å². The summed E-state index contributed by atoms with van der Waals surface area (Å²) in [7, 11) is 0. The lowest BCUT2D eigenvalue weighted by Crippen LogP contribution is -2.45. The zero-order valence-corrected chi connectivity index (χ0v) is 15.1. The number of ether oxygens (including phenoxy) is 2. The van der Waals surface area contributed by atoms with Gasteiger partial charge >= 0.3 is 0 Å². The lowest BCUT2D eigenvalue weighted by molar-refractivity contribution is 0.122. The second-order valence-corrected chi connectivity index (χ2v) is 8.04. The molecule has 0 N–H and O–H groups in total. The number of piperazine rings is 1. The van der Waals surface area contributed by atoms with E-state index in [1.54, 1.807) is 11.3 Å². The van der Waals surface area contributed by atoms with Gasteiger partial charge in [0, 0.05) is 44.1 Å². The van der Waals surface area contributed by atoms with Crippen molar-refractivity contribution in [2.45, 2.75) is 13.1 Å². The van der Waals surface area contributed by atoms with Crippen LogP contribution in [0.1, 0.15) is 10.4 Å². The van der Waals surface area contributed by atoms with Gasteiger partial charge in [-0.3, -0.25) is 9.80 Å². The number of benzene rings is 1. The van der Waals surface area contributed by atoms with Gasteiger partial charge in [-0.2, -0.15) is 0 Å². The summed E-state index contributed by atoms with van der Waals surface area (Å²) in [6.45, 7) is 7.64. The van der Waals surface area contributed by atoms with Crippen LogP contribution in [-0.4, -0.2) is 49.2 Å². The van der Waals surface area contributed by atoms with Gasteiger partial charge < -0.3 is 9.47 Å². The van der Waals surface area contributed by atoms with Crippen molar-refractivity contribution in [3.63, 3.8) is 0 Å². The molecule has 2 aliphatic rings. The summed E-state index contributed by atoms with van der Waals surface area (Å²) in [5, 5.41) is 0. The van der Waals surface area contributed by atoms with Gasteiger partial charge in [-0.05, 0) is 29.8 Å². The predicted molar refractivity (Wildman–Crippen MR) is 97.3 cm³/mol. The van der Waals surface area contributed by atoms with Crippen molar-refractivity contribution in [2.24, 2.45) is 0 Å². The second-order valence-electron chi connectivity index (χ2n) is 6.24. The van der Waals surface area contributed by atoms with Crippen LogP contribution >= 0.6 is 22.9 Å². The highest BCUT2D eigenvalue weighted by Gasteiger charge is 2.19. The first kappa shape index (κ1) is 16.2. The number of halogens is 1. The van der Waals surface area contributed by atoms with Crippen LogP contribution < -0.4 is 9.47 Å². The van der Waals surface area contributed by atoms with Crippen molar-refractivity contribution >= 4 is 22.9 Å². The Morgan fingerprint density at radius 1 is 0.875 bits per heavy atom. The third kappa shape index (κ3) is 3.86. The molecule has 128 valence electrons. The molecule has 0 spiro atoms. The fraction of sp³-hybridized carbons (Fsp3) is 0.444. The lowest BCUT2D eigenvalue weighted by atomic mass is 10.1. The second kappa shape index (κ2) is 7.31. The van der Waals surface area contributed by atoms with E-state index < -0.39 is 0 Å². The molecule has 4 rings (SSSR count). The Morgan fingerprint density at radius 2 is 1.58 bits per heavy atom. The minimum atomic E-state index is 0.641. The van der Waals surface area contributed by atoms with Crippen molar-refractivity contribution in [3.8, 4) is 11.5 Å². The van der Waals surface area contributed by atoms with Crippen LogP contribution in [0, 0.1) is 0 Å². The smallest absolute Gasteiger partial charge is 0.161 e. The molecule has 2 aliphatic heterocycles. The monoisotopic (exact) mass is 364 g/mol. The van der Waals surface area contributed by atoms with Crippen LogP contribution in [0.5, 0.6) is 11.5 Å². The van der Waals surface area contributed by atoms with E-state index in [-0.39, 0.29) is 0 Å². The van der Waals surface area contributed by atoms with Gasteiger partial charge in [0.15, 0.2) is 11.5 Å². The van der Waals surface area contributed by atoms with Crippen LogP contribution in [0.25, 0.3) is 0 Å². The fourth-order valence-corrected chi connectivity index (χ4v) is 4.34. The maximum absolute atomic E-state index is 6.01. The molecule has 0 atom stereocenters. The molecule has 2 aromatic rings. The number of nitrogens with zero attached hydrogens (tertiary/aromatic N) is 2. The van der Waals surface area contributed by atoms with E-state index in [1.165, 1.54) is 10.4 Å². The molecule has 0 bridgehead atoms. The van der Waals surface area contributed by atoms with Crippen LogP contribution in [-0.2, 0) is 13.1 Å². The zero-order chi connectivity index (χ0) is 16.4. The first-order valence-electron chi connectivity index (χ1n) is 8.34. The SMILES string of the molecule is Clc1ccc(CN2CCN(Cc3ccc4c(c3)OCCO4)CC2)s1. The minimum Gasteiger partial charge on any atom is -0.486 e. The first-order chi connectivity index (χ1) is 11.8. The van der Waals surface area contributed by atoms with Gasteiger partial charge in [-0.1, -0.05) is 17.7 Å². The molecule has 6 heteroatoms. The van der Waals surface area contributed by atoms with Crippen molar-refractivity contribution in [1.29, 1.82) is 0 Å². The molecule has 0 unspecified atom stereocenters. The largest absolute Gasteiger partial charge is 0.486 e. The summed E-state index contributed by atoms with van der Waals surface area (Å²) in [6.07, 6.45) is 0. The normalized spacial score (nSPS) is 18.7. The van der Waals surface area contributed by atoms with Gasteiger partial charge in [0.05, 0.1) is 4.34 Å². The molecular formula is C18H21ClN2O2S. The number of hydrogen-bond acceptors (Lipinski definition) is 5. The summed E-state index contributed by atoms with van der Waals surface area (Å²) in [4.78, 5) is 6.35. The third-order valence-corrected chi connectivity index (χ3v) is 5.70. The molecule has 4 nitrogen and oxygen atoms in total. The zero-order valence-electron chi connectivity index (χ0n) is 13.5. The van der Waals surface area contributed by atoms with E-state index in [9.17, 15) is 0 Å². The molecule has 0 saturated carbocycles. The highest BCUT2D eigenvalue weighted by atomic mass is 35.5. The summed E-state index contributed by atoms with van der Waals surface area (Å²) in [5.74, 6) is 1.75. The molecule has 24 heavy (non-hydrogen) atoms. The van der Waals surface area contributed by atoms with Crippen LogP contribution in [0.15, 0.2) is 30.3 Å². The highest BCUT2D eigenvalue weighted by molar-refractivity contribution is 7.16. The summed E-state index contributed by atoms with van der Waals surface area (Å²) < 4.78 is 12.1. The minimum absolute atomic E-state index is 0.641. The Morgan fingerprint density at radius 3 is 2.29 bits per heavy atom. The number of hydrogen-bond donors (Lipinski definition) is 0. The van der Waals surface area contributed by atoms with Gasteiger partial charge in [0.25, 0.3) is 0 Å². The van der Waals surface area contributed by atoms with E-state index in [4.69, 9.17) is 21.1 Å². The van der Waals surface area contributed by atoms with Crippen LogP contribution in [0.4, 0.5) is 0 Å². The Bertz CT molecular complexity index is 698. The van der Waals surface area contributed by atoms with Crippen molar-refractivity contribution in [1.82, 2.24) is 9.80 Å². The van der Waals surface area contributed by atoms with Crippen molar-refractivity contribution < 1.29 is 9.47 Å². The number of rotatable bonds is 4. The average Bonchev–Trinajstić information content (AvgIpc) is 3.01. The number of thiophene rings is 1. The summed E-state index contributed by atoms with van der Waals surface area (Å²) in [6, 6.07) is 10.4. The van der Waals surface area contributed by atoms with Gasteiger partial charge in [0.2, 0.25) is 0 Å². The summed E-state index contributed by atoms with van der Waals surface area (Å²) in [5.41, 5.74) is 1.29. The lowest BCUT2D eigenvalue weighted by Gasteiger charge is -2.34. The quantitative estimate of drug-likeness (QED) is 0.829. The molecular weight excluding hydrogens is 344 g/mol. The van der Waals surface area contributed by atoms with Crippen LogP contribution in [0.2, 0.25) is 4.34 Å². The topological polar surface area (TPSA) is 24.9 Å². The Labute approximate surface area is 151 Å². The Hall–Kier alpha value is -1.27. The first-order valence-corrected chi connectivity index (χ1v) is 9.53. The predicted octanol–water partition coefficient (Wildman–Crippen LogP) is 3.49. The van der Waals surface area contributed by atoms with Crippen molar-refractivity contribution in [2.75, 3.05) is 39.4 Å². The molecule has 3 heterocycles. The standard InChI is InChI=1S/C18H21ClN2O2S/c19-18-4-2-15(24-18)13-21-7-5-20(6-8-21)12-14-1-3-16-17(11-14)23-10-9-22-16/h1-4,11H,5-10,12-13H2. The Kier molecular flexibility index (Phi) is 4.94.